The Bertz CT molecular complexity index is 374. The summed E-state index contributed by atoms with van der Waals surface area (Å²) in [4.78, 5) is 13.3. The molecule has 0 bridgehead atoms. The molecule has 0 amide bonds. The number of ether oxygens (including phenoxy) is 1. The number of hydrogen-bond acceptors (Lipinski definition) is 6. The van der Waals surface area contributed by atoms with Crippen LogP contribution in [0, 0.1) is 0 Å². The van der Waals surface area contributed by atoms with Crippen LogP contribution >= 0.6 is 0 Å². The second-order valence-electron chi connectivity index (χ2n) is 5.03. The van der Waals surface area contributed by atoms with Crippen LogP contribution in [0.4, 0.5) is 5.95 Å². The second kappa shape index (κ2) is 6.27. The third kappa shape index (κ3) is 3.40. The predicted molar refractivity (Wildman–Crippen MR) is 73.3 cm³/mol. The zero-order chi connectivity index (χ0) is 12.9. The lowest BCUT2D eigenvalue weighted by atomic mass is 10.2. The maximum Gasteiger partial charge on any atom is 0.225 e. The van der Waals surface area contributed by atoms with Gasteiger partial charge in [0.05, 0.1) is 12.7 Å². The van der Waals surface area contributed by atoms with E-state index in [1.165, 1.54) is 0 Å². The van der Waals surface area contributed by atoms with Crippen molar-refractivity contribution in [3.05, 3.63) is 18.5 Å². The van der Waals surface area contributed by atoms with E-state index in [2.05, 4.69) is 25.1 Å². The molecule has 0 saturated carbocycles. The Kier molecular flexibility index (Phi) is 4.22. The normalized spacial score (nSPS) is 25.5. The first-order chi connectivity index (χ1) is 9.42. The van der Waals surface area contributed by atoms with E-state index in [0.717, 1.165) is 58.4 Å². The highest BCUT2D eigenvalue weighted by atomic mass is 16.5. The number of piperazine rings is 1. The summed E-state index contributed by atoms with van der Waals surface area (Å²) in [5, 5.41) is 3.38. The van der Waals surface area contributed by atoms with E-state index < -0.39 is 0 Å². The van der Waals surface area contributed by atoms with Gasteiger partial charge in [-0.25, -0.2) is 9.97 Å². The van der Waals surface area contributed by atoms with Crippen molar-refractivity contribution in [3.8, 4) is 0 Å². The molecule has 0 aromatic carbocycles. The SMILES string of the molecule is c1cnc(N2CCN(CC3CNCCO3)CC2)nc1. The summed E-state index contributed by atoms with van der Waals surface area (Å²) >= 11 is 0. The van der Waals surface area contributed by atoms with Crippen LogP contribution in [-0.4, -0.2) is 73.4 Å². The Labute approximate surface area is 113 Å². The third-order valence-electron chi connectivity index (χ3n) is 3.67. The van der Waals surface area contributed by atoms with Gasteiger partial charge in [-0.2, -0.15) is 0 Å². The monoisotopic (exact) mass is 263 g/mol. The van der Waals surface area contributed by atoms with Crippen molar-refractivity contribution in [2.75, 3.05) is 57.3 Å². The number of hydrogen-bond donors (Lipinski definition) is 1. The van der Waals surface area contributed by atoms with E-state index >= 15 is 0 Å². The molecule has 2 aliphatic heterocycles. The van der Waals surface area contributed by atoms with Crippen LogP contribution < -0.4 is 10.2 Å². The van der Waals surface area contributed by atoms with Crippen molar-refractivity contribution < 1.29 is 4.74 Å². The summed E-state index contributed by atoms with van der Waals surface area (Å²) < 4.78 is 5.75. The van der Waals surface area contributed by atoms with Gasteiger partial charge in [-0.15, -0.1) is 0 Å². The number of aromatic nitrogens is 2. The van der Waals surface area contributed by atoms with Crippen molar-refractivity contribution in [2.45, 2.75) is 6.10 Å². The molecule has 0 radical (unpaired) electrons. The molecule has 104 valence electrons. The molecule has 1 unspecified atom stereocenters. The van der Waals surface area contributed by atoms with Gasteiger partial charge in [0.25, 0.3) is 0 Å². The molecule has 1 atom stereocenters. The Morgan fingerprint density at radius 1 is 1.21 bits per heavy atom. The summed E-state index contributed by atoms with van der Waals surface area (Å²) in [5.41, 5.74) is 0. The second-order valence-corrected chi connectivity index (χ2v) is 5.03. The molecule has 6 nitrogen and oxygen atoms in total. The maximum atomic E-state index is 5.75. The van der Waals surface area contributed by atoms with Crippen molar-refractivity contribution in [1.82, 2.24) is 20.2 Å². The largest absolute Gasteiger partial charge is 0.374 e. The number of rotatable bonds is 3. The fourth-order valence-electron chi connectivity index (χ4n) is 2.61. The smallest absolute Gasteiger partial charge is 0.225 e. The van der Waals surface area contributed by atoms with Crippen LogP contribution in [0.5, 0.6) is 0 Å². The molecule has 2 saturated heterocycles. The lowest BCUT2D eigenvalue weighted by molar-refractivity contribution is 0.00461. The Morgan fingerprint density at radius 2 is 2.00 bits per heavy atom. The first-order valence-electron chi connectivity index (χ1n) is 6.98. The molecule has 3 heterocycles. The first kappa shape index (κ1) is 12.8. The summed E-state index contributed by atoms with van der Waals surface area (Å²) in [7, 11) is 0. The molecule has 1 N–H and O–H groups in total. The number of nitrogens with zero attached hydrogens (tertiary/aromatic N) is 4. The van der Waals surface area contributed by atoms with Gasteiger partial charge in [0.15, 0.2) is 0 Å². The summed E-state index contributed by atoms with van der Waals surface area (Å²) in [6, 6.07) is 1.85. The van der Waals surface area contributed by atoms with Gasteiger partial charge in [-0.3, -0.25) is 4.90 Å². The van der Waals surface area contributed by atoms with Crippen molar-refractivity contribution >= 4 is 5.95 Å². The van der Waals surface area contributed by atoms with Crippen LogP contribution in [0.3, 0.4) is 0 Å². The fourth-order valence-corrected chi connectivity index (χ4v) is 2.61. The number of morpholine rings is 1. The molecular weight excluding hydrogens is 242 g/mol. The van der Waals surface area contributed by atoms with Crippen LogP contribution in [0.25, 0.3) is 0 Å². The van der Waals surface area contributed by atoms with Crippen LogP contribution in [-0.2, 0) is 4.74 Å². The van der Waals surface area contributed by atoms with E-state index in [4.69, 9.17) is 4.74 Å². The Balaban J connectivity index is 1.46. The van der Waals surface area contributed by atoms with E-state index in [0.29, 0.717) is 6.10 Å². The van der Waals surface area contributed by atoms with Crippen molar-refractivity contribution in [1.29, 1.82) is 0 Å². The van der Waals surface area contributed by atoms with E-state index in [1.807, 2.05) is 6.07 Å². The van der Waals surface area contributed by atoms with E-state index in [9.17, 15) is 0 Å². The maximum absolute atomic E-state index is 5.75. The molecule has 2 fully saturated rings. The van der Waals surface area contributed by atoms with Gasteiger partial charge in [-0.05, 0) is 6.07 Å². The van der Waals surface area contributed by atoms with Gasteiger partial charge in [0.1, 0.15) is 0 Å². The minimum Gasteiger partial charge on any atom is -0.374 e. The zero-order valence-electron chi connectivity index (χ0n) is 11.2. The standard InChI is InChI=1S/C13H21N5O/c1-2-15-13(16-3-1)18-7-5-17(6-8-18)11-12-10-14-4-9-19-12/h1-3,12,14H,4-11H2. The van der Waals surface area contributed by atoms with Gasteiger partial charge >= 0.3 is 0 Å². The zero-order valence-corrected chi connectivity index (χ0v) is 11.2. The molecule has 6 heteroatoms. The quantitative estimate of drug-likeness (QED) is 0.800. The number of anilines is 1. The summed E-state index contributed by atoms with van der Waals surface area (Å²) in [5.74, 6) is 0.845. The number of nitrogens with one attached hydrogen (secondary N) is 1. The topological polar surface area (TPSA) is 53.5 Å². The van der Waals surface area contributed by atoms with Gasteiger partial charge in [0, 0.05) is 58.2 Å². The molecule has 1 aromatic rings. The van der Waals surface area contributed by atoms with Gasteiger partial charge in [0.2, 0.25) is 5.95 Å². The lowest BCUT2D eigenvalue weighted by Gasteiger charge is -2.37. The van der Waals surface area contributed by atoms with Gasteiger partial charge < -0.3 is 15.0 Å². The lowest BCUT2D eigenvalue weighted by Crippen LogP contribution is -2.52. The highest BCUT2D eigenvalue weighted by Gasteiger charge is 2.22. The molecule has 3 rings (SSSR count). The molecular formula is C13H21N5O. The summed E-state index contributed by atoms with van der Waals surface area (Å²) in [6.45, 7) is 7.90. The highest BCUT2D eigenvalue weighted by molar-refractivity contribution is 5.29. The van der Waals surface area contributed by atoms with Gasteiger partial charge in [-0.1, -0.05) is 0 Å². The average molecular weight is 263 g/mol. The highest BCUT2D eigenvalue weighted by Crippen LogP contribution is 2.10. The van der Waals surface area contributed by atoms with Crippen LogP contribution in [0.15, 0.2) is 18.5 Å². The fraction of sp³-hybridized carbons (Fsp3) is 0.692. The molecule has 2 aliphatic rings. The predicted octanol–water partition coefficient (Wildman–Crippen LogP) is -0.413. The third-order valence-corrected chi connectivity index (χ3v) is 3.67. The van der Waals surface area contributed by atoms with Crippen LogP contribution in [0.2, 0.25) is 0 Å². The Hall–Kier alpha value is -1.24. The molecule has 0 spiro atoms. The first-order valence-corrected chi connectivity index (χ1v) is 6.98. The van der Waals surface area contributed by atoms with E-state index in [1.54, 1.807) is 12.4 Å². The minimum atomic E-state index is 0.341. The minimum absolute atomic E-state index is 0.341. The summed E-state index contributed by atoms with van der Waals surface area (Å²) in [6.07, 6.45) is 3.94. The van der Waals surface area contributed by atoms with Crippen LogP contribution in [0.1, 0.15) is 0 Å². The Morgan fingerprint density at radius 3 is 2.68 bits per heavy atom. The van der Waals surface area contributed by atoms with Crippen molar-refractivity contribution in [2.24, 2.45) is 0 Å². The molecule has 0 aliphatic carbocycles. The van der Waals surface area contributed by atoms with Crippen molar-refractivity contribution in [3.63, 3.8) is 0 Å². The molecule has 19 heavy (non-hydrogen) atoms. The average Bonchev–Trinajstić information content (AvgIpc) is 2.50. The van der Waals surface area contributed by atoms with E-state index in [-0.39, 0.29) is 0 Å². The molecule has 1 aromatic heterocycles.